The molecule has 4 amide bonds. The Kier molecular flexibility index (Phi) is 10.2. The number of likely N-dealkylation sites (tertiary alicyclic amines) is 1. The molecule has 238 valence electrons. The molecule has 0 aromatic rings. The zero-order chi connectivity index (χ0) is 31.6. The second-order valence-corrected chi connectivity index (χ2v) is 13.2. The molecule has 2 saturated heterocycles. The van der Waals surface area contributed by atoms with Gasteiger partial charge in [-0.25, -0.2) is 4.79 Å². The van der Waals surface area contributed by atoms with E-state index in [1.807, 2.05) is 13.8 Å². The summed E-state index contributed by atoms with van der Waals surface area (Å²) in [5, 5.41) is 5.15. The molecule has 2 aliphatic heterocycles. The van der Waals surface area contributed by atoms with Gasteiger partial charge >= 0.3 is 12.5 Å². The molecule has 3 aliphatic rings. The first-order valence-corrected chi connectivity index (χ1v) is 14.4. The number of hydrogen-bond acceptors (Lipinski definition) is 7. The van der Waals surface area contributed by atoms with Crippen molar-refractivity contribution in [3.63, 3.8) is 0 Å². The quantitative estimate of drug-likeness (QED) is 0.371. The predicted octanol–water partition coefficient (Wildman–Crippen LogP) is 2.77. The first-order chi connectivity index (χ1) is 19.3. The van der Waals surface area contributed by atoms with Crippen LogP contribution in [0.1, 0.15) is 73.1 Å². The van der Waals surface area contributed by atoms with E-state index in [1.54, 1.807) is 20.8 Å². The average molecular weight is 605 g/mol. The van der Waals surface area contributed by atoms with E-state index >= 15 is 0 Å². The Bertz CT molecular complexity index is 1060. The maximum Gasteiger partial charge on any atom is 0.522 e. The Morgan fingerprint density at radius 2 is 1.81 bits per heavy atom. The fourth-order valence-corrected chi connectivity index (χ4v) is 5.53. The molecule has 0 radical (unpaired) electrons. The molecule has 14 heteroatoms. The lowest BCUT2D eigenvalue weighted by Gasteiger charge is -2.35. The van der Waals surface area contributed by atoms with Gasteiger partial charge < -0.3 is 20.3 Å². The highest BCUT2D eigenvalue weighted by Gasteiger charge is 2.56. The van der Waals surface area contributed by atoms with Crippen molar-refractivity contribution in [1.29, 1.82) is 0 Å². The van der Waals surface area contributed by atoms with E-state index in [2.05, 4.69) is 15.4 Å². The summed E-state index contributed by atoms with van der Waals surface area (Å²) in [6, 6.07) is -3.35. The minimum absolute atomic E-state index is 0.0156. The molecule has 2 heterocycles. The third kappa shape index (κ3) is 9.05. The molecule has 42 heavy (non-hydrogen) atoms. The average Bonchev–Trinajstić information content (AvgIpc) is 3.32. The summed E-state index contributed by atoms with van der Waals surface area (Å²) >= 11 is 0. The standard InChI is InChI=1S/C28H43F3N4O7/c1-16(2)11-19(34(6)25(40)42-26(3,4)5)24(39)35-15-27(8-9-27)13-20(35)23(38)33-18(12-17-7-10-32-22(17)37)21(36)14-41-28(29,30)31/h16-20H,7-15H2,1-6H3,(H,32,37)(H,33,38)/t17-,18-,19+,20-/m0/s1. The summed E-state index contributed by atoms with van der Waals surface area (Å²) in [7, 11) is 1.47. The van der Waals surface area contributed by atoms with Crippen molar-refractivity contribution < 1.29 is 46.6 Å². The van der Waals surface area contributed by atoms with Crippen molar-refractivity contribution in [2.75, 3.05) is 26.7 Å². The number of amides is 4. The molecule has 4 atom stereocenters. The van der Waals surface area contributed by atoms with Gasteiger partial charge in [0.25, 0.3) is 0 Å². The van der Waals surface area contributed by atoms with E-state index in [-0.39, 0.29) is 30.2 Å². The van der Waals surface area contributed by atoms with Gasteiger partial charge in [-0.15, -0.1) is 13.2 Å². The molecule has 1 aliphatic carbocycles. The van der Waals surface area contributed by atoms with E-state index in [0.717, 1.165) is 12.8 Å². The Morgan fingerprint density at radius 3 is 2.31 bits per heavy atom. The summed E-state index contributed by atoms with van der Waals surface area (Å²) in [4.78, 5) is 68.2. The van der Waals surface area contributed by atoms with E-state index in [0.29, 0.717) is 25.8 Å². The SMILES string of the molecule is CC(C)C[C@H](C(=O)N1CC2(CC2)C[C@H]1C(=O)N[C@@H](C[C@@H]1CCNC1=O)C(=O)COC(F)(F)F)N(C)C(=O)OC(C)(C)C. The van der Waals surface area contributed by atoms with Crippen LogP contribution in [0.2, 0.25) is 0 Å². The number of ether oxygens (including phenoxy) is 2. The van der Waals surface area contributed by atoms with Crippen molar-refractivity contribution in [2.24, 2.45) is 17.3 Å². The molecule has 0 unspecified atom stereocenters. The van der Waals surface area contributed by atoms with E-state index in [4.69, 9.17) is 4.74 Å². The lowest BCUT2D eigenvalue weighted by Crippen LogP contribution is -2.56. The number of nitrogens with zero attached hydrogens (tertiary/aromatic N) is 2. The minimum Gasteiger partial charge on any atom is -0.444 e. The van der Waals surface area contributed by atoms with E-state index < -0.39 is 66.3 Å². The van der Waals surface area contributed by atoms with Gasteiger partial charge in [0, 0.05) is 26.1 Å². The largest absolute Gasteiger partial charge is 0.522 e. The van der Waals surface area contributed by atoms with Crippen molar-refractivity contribution >= 4 is 29.6 Å². The van der Waals surface area contributed by atoms with Crippen molar-refractivity contribution in [3.05, 3.63) is 0 Å². The van der Waals surface area contributed by atoms with Crippen LogP contribution in [0.25, 0.3) is 0 Å². The number of carbonyl (C=O) groups excluding carboxylic acids is 5. The van der Waals surface area contributed by atoms with Crippen LogP contribution in [0.4, 0.5) is 18.0 Å². The highest BCUT2D eigenvalue weighted by molar-refractivity contribution is 5.95. The maximum atomic E-state index is 14.0. The molecule has 2 N–H and O–H groups in total. The van der Waals surface area contributed by atoms with Crippen LogP contribution in [0.15, 0.2) is 0 Å². The molecule has 3 fully saturated rings. The minimum atomic E-state index is -5.05. The van der Waals surface area contributed by atoms with Gasteiger partial charge in [0.15, 0.2) is 5.78 Å². The highest BCUT2D eigenvalue weighted by Crippen LogP contribution is 2.55. The fourth-order valence-electron chi connectivity index (χ4n) is 5.53. The summed E-state index contributed by atoms with van der Waals surface area (Å²) < 4.78 is 47.2. The fraction of sp³-hybridized carbons (Fsp3) is 0.821. The van der Waals surface area contributed by atoms with Crippen LogP contribution in [-0.4, -0.2) is 96.2 Å². The molecule has 0 bridgehead atoms. The van der Waals surface area contributed by atoms with Crippen molar-refractivity contribution in [2.45, 2.75) is 103 Å². The summed E-state index contributed by atoms with van der Waals surface area (Å²) in [6.45, 7) is 8.25. The van der Waals surface area contributed by atoms with Crippen molar-refractivity contribution in [3.8, 4) is 0 Å². The molecule has 11 nitrogen and oxygen atoms in total. The third-order valence-corrected chi connectivity index (χ3v) is 7.95. The second kappa shape index (κ2) is 12.8. The first kappa shape index (κ1) is 33.6. The Morgan fingerprint density at radius 1 is 1.17 bits per heavy atom. The van der Waals surface area contributed by atoms with Gasteiger partial charge in [0.1, 0.15) is 24.3 Å². The Labute approximate surface area is 244 Å². The van der Waals surface area contributed by atoms with Crippen LogP contribution in [0, 0.1) is 17.3 Å². The molecule has 3 rings (SSSR count). The van der Waals surface area contributed by atoms with Crippen LogP contribution in [0.5, 0.6) is 0 Å². The van der Waals surface area contributed by atoms with Crippen LogP contribution >= 0.6 is 0 Å². The van der Waals surface area contributed by atoms with Gasteiger partial charge in [-0.2, -0.15) is 0 Å². The lowest BCUT2D eigenvalue weighted by molar-refractivity contribution is -0.321. The lowest BCUT2D eigenvalue weighted by atomic mass is 9.95. The zero-order valence-electron chi connectivity index (χ0n) is 25.1. The molecule has 1 spiro atoms. The van der Waals surface area contributed by atoms with Crippen LogP contribution in [0.3, 0.4) is 0 Å². The molecule has 0 aromatic carbocycles. The summed E-state index contributed by atoms with van der Waals surface area (Å²) in [6.07, 6.45) is -3.35. The first-order valence-electron chi connectivity index (χ1n) is 14.4. The number of hydrogen-bond donors (Lipinski definition) is 2. The Balaban J connectivity index is 1.82. The van der Waals surface area contributed by atoms with Crippen LogP contribution in [-0.2, 0) is 28.7 Å². The zero-order valence-corrected chi connectivity index (χ0v) is 25.1. The molecule has 1 saturated carbocycles. The summed E-state index contributed by atoms with van der Waals surface area (Å²) in [5.74, 6) is -3.17. The number of ketones is 1. The normalized spacial score (nSPS) is 23.0. The van der Waals surface area contributed by atoms with Crippen LogP contribution < -0.4 is 10.6 Å². The summed E-state index contributed by atoms with van der Waals surface area (Å²) in [5.41, 5.74) is -1.06. The molecule has 0 aromatic heterocycles. The van der Waals surface area contributed by atoms with E-state index in [9.17, 15) is 37.1 Å². The predicted molar refractivity (Wildman–Crippen MR) is 144 cm³/mol. The highest BCUT2D eigenvalue weighted by atomic mass is 19.4. The Hall–Kier alpha value is -2.90. The monoisotopic (exact) mass is 604 g/mol. The third-order valence-electron chi connectivity index (χ3n) is 7.95. The van der Waals surface area contributed by atoms with Gasteiger partial charge in [0.2, 0.25) is 17.7 Å². The number of alkyl halides is 3. The van der Waals surface area contributed by atoms with Gasteiger partial charge in [0.05, 0.1) is 6.04 Å². The maximum absolute atomic E-state index is 14.0. The van der Waals surface area contributed by atoms with Gasteiger partial charge in [-0.1, -0.05) is 13.8 Å². The van der Waals surface area contributed by atoms with Crippen molar-refractivity contribution in [1.82, 2.24) is 20.4 Å². The number of carbonyl (C=O) groups is 5. The van der Waals surface area contributed by atoms with Gasteiger partial charge in [-0.05, 0) is 70.6 Å². The number of Topliss-reactive ketones (excluding diaryl/α,β-unsaturated/α-hetero) is 1. The molecular weight excluding hydrogens is 561 g/mol. The topological polar surface area (TPSA) is 134 Å². The number of nitrogens with one attached hydrogen (secondary N) is 2. The number of halogens is 3. The van der Waals surface area contributed by atoms with E-state index in [1.165, 1.54) is 16.8 Å². The number of likely N-dealkylation sites (N-methyl/N-ethyl adjacent to an activating group) is 1. The smallest absolute Gasteiger partial charge is 0.444 e. The molecular formula is C28H43F3N4O7. The second-order valence-electron chi connectivity index (χ2n) is 13.2. The van der Waals surface area contributed by atoms with Gasteiger partial charge in [-0.3, -0.25) is 28.8 Å². The number of rotatable bonds is 11.